The Morgan fingerprint density at radius 1 is 1.08 bits per heavy atom. The number of carbonyl (C=O) groups is 2. The fourth-order valence-corrected chi connectivity index (χ4v) is 3.74. The second kappa shape index (κ2) is 10.2. The van der Waals surface area contributed by atoms with Gasteiger partial charge in [-0.25, -0.2) is 24.7 Å². The van der Waals surface area contributed by atoms with Crippen LogP contribution in [0.1, 0.15) is 36.1 Å². The molecule has 0 fully saturated rings. The Morgan fingerprint density at radius 3 is 2.65 bits per heavy atom. The summed E-state index contributed by atoms with van der Waals surface area (Å²) in [5.74, 6) is 0.352. The van der Waals surface area contributed by atoms with Crippen LogP contribution in [0.2, 0.25) is 0 Å². The molecule has 0 aliphatic heterocycles. The molecule has 0 aliphatic carbocycles. The quantitative estimate of drug-likeness (QED) is 0.308. The molecule has 0 spiro atoms. The Labute approximate surface area is 211 Å². The minimum absolute atomic E-state index is 0.219. The average Bonchev–Trinajstić information content (AvgIpc) is 3.56. The number of hydrogen-bond acceptors (Lipinski definition) is 8. The number of imidazole rings is 2. The molecule has 5 aromatic rings. The van der Waals surface area contributed by atoms with Gasteiger partial charge >= 0.3 is 6.09 Å². The van der Waals surface area contributed by atoms with Crippen LogP contribution in [-0.4, -0.2) is 53.1 Å². The summed E-state index contributed by atoms with van der Waals surface area (Å²) in [4.78, 5) is 49.6. The lowest BCUT2D eigenvalue weighted by Gasteiger charge is -2.12. The summed E-state index contributed by atoms with van der Waals surface area (Å²) in [6.07, 6.45) is 7.50. The molecule has 37 heavy (non-hydrogen) atoms. The molecular weight excluding hydrogens is 474 g/mol. The van der Waals surface area contributed by atoms with Crippen LogP contribution in [0.3, 0.4) is 0 Å². The second-order valence-corrected chi connectivity index (χ2v) is 8.01. The van der Waals surface area contributed by atoms with Crippen molar-refractivity contribution in [2.45, 2.75) is 19.9 Å². The molecule has 0 bridgehead atoms. The molecule has 0 saturated heterocycles. The topological polar surface area (TPSA) is 153 Å². The fraction of sp³-hybridized carbons (Fsp3) is 0.160. The van der Waals surface area contributed by atoms with Gasteiger partial charge in [0, 0.05) is 36.0 Å². The van der Waals surface area contributed by atoms with Crippen molar-refractivity contribution in [3.63, 3.8) is 0 Å². The molecule has 4 heterocycles. The van der Waals surface area contributed by atoms with Crippen LogP contribution in [0.15, 0.2) is 67.5 Å². The maximum Gasteiger partial charge on any atom is 0.413 e. The first-order chi connectivity index (χ1) is 18.0. The van der Waals surface area contributed by atoms with E-state index in [9.17, 15) is 9.59 Å². The van der Waals surface area contributed by atoms with Gasteiger partial charge in [-0.1, -0.05) is 6.07 Å². The number of nitrogens with one attached hydrogen (secondary N) is 3. The summed E-state index contributed by atoms with van der Waals surface area (Å²) in [5, 5.41) is 5.48. The number of amides is 2. The molecule has 12 nitrogen and oxygen atoms in total. The Bertz CT molecular complexity index is 1550. The van der Waals surface area contributed by atoms with Gasteiger partial charge < -0.3 is 19.6 Å². The Hall–Kier alpha value is -5.13. The molecule has 1 atom stereocenters. The summed E-state index contributed by atoms with van der Waals surface area (Å²) >= 11 is 0. The van der Waals surface area contributed by atoms with E-state index in [4.69, 9.17) is 4.74 Å². The Morgan fingerprint density at radius 2 is 1.89 bits per heavy atom. The lowest BCUT2D eigenvalue weighted by atomic mass is 10.1. The summed E-state index contributed by atoms with van der Waals surface area (Å²) in [5.41, 5.74) is 3.50. The number of aromatic amines is 1. The standard InChI is InChI=1S/C25H23N9O3/c1-3-37-25(36)33-24-31-19-12-16(11-17(21(19)32-24)22-27-9-6-10-28-22)34-13-20(29-14-34)23(35)30-15(2)18-7-4-5-8-26-18/h4-15H,3H2,1-2H3,(H,30,35)(H2,31,32,33,36). The predicted molar refractivity (Wildman–Crippen MR) is 135 cm³/mol. The first-order valence-electron chi connectivity index (χ1n) is 11.5. The van der Waals surface area contributed by atoms with Crippen LogP contribution < -0.4 is 10.6 Å². The summed E-state index contributed by atoms with van der Waals surface area (Å²) in [6, 6.07) is 10.6. The predicted octanol–water partition coefficient (Wildman–Crippen LogP) is 3.66. The van der Waals surface area contributed by atoms with Crippen molar-refractivity contribution in [3.05, 3.63) is 78.9 Å². The molecule has 0 radical (unpaired) electrons. The van der Waals surface area contributed by atoms with Gasteiger partial charge in [-0.05, 0) is 44.2 Å². The molecule has 2 amide bonds. The van der Waals surface area contributed by atoms with Crippen molar-refractivity contribution in [1.82, 2.24) is 39.8 Å². The third kappa shape index (κ3) is 5.12. The highest BCUT2D eigenvalue weighted by molar-refractivity contribution is 5.95. The molecule has 0 saturated carbocycles. The first kappa shape index (κ1) is 23.6. The molecule has 1 unspecified atom stereocenters. The van der Waals surface area contributed by atoms with E-state index in [1.807, 2.05) is 31.2 Å². The molecule has 12 heteroatoms. The number of anilines is 1. The van der Waals surface area contributed by atoms with E-state index in [2.05, 4.69) is 40.5 Å². The number of hydrogen-bond donors (Lipinski definition) is 3. The lowest BCUT2D eigenvalue weighted by molar-refractivity contribution is 0.0934. The van der Waals surface area contributed by atoms with Gasteiger partial charge in [-0.15, -0.1) is 0 Å². The smallest absolute Gasteiger partial charge is 0.413 e. The highest BCUT2D eigenvalue weighted by Gasteiger charge is 2.18. The van der Waals surface area contributed by atoms with Gasteiger partial charge in [0.05, 0.1) is 29.4 Å². The van der Waals surface area contributed by atoms with Crippen LogP contribution in [0, 0.1) is 0 Å². The summed E-state index contributed by atoms with van der Waals surface area (Å²) < 4.78 is 6.65. The van der Waals surface area contributed by atoms with Crippen LogP contribution in [0.5, 0.6) is 0 Å². The molecule has 5 rings (SSSR count). The van der Waals surface area contributed by atoms with Crippen molar-refractivity contribution in [1.29, 1.82) is 0 Å². The van der Waals surface area contributed by atoms with E-state index in [0.29, 0.717) is 28.1 Å². The van der Waals surface area contributed by atoms with Gasteiger partial charge in [0.2, 0.25) is 5.95 Å². The highest BCUT2D eigenvalue weighted by atomic mass is 16.5. The first-order valence-corrected chi connectivity index (χ1v) is 11.5. The average molecular weight is 498 g/mol. The number of pyridine rings is 1. The monoisotopic (exact) mass is 497 g/mol. The largest absolute Gasteiger partial charge is 0.450 e. The number of H-pyrrole nitrogens is 1. The van der Waals surface area contributed by atoms with E-state index in [-0.39, 0.29) is 30.2 Å². The van der Waals surface area contributed by atoms with Gasteiger partial charge in [-0.2, -0.15) is 0 Å². The molecule has 1 aromatic carbocycles. The zero-order chi connectivity index (χ0) is 25.8. The van der Waals surface area contributed by atoms with Crippen molar-refractivity contribution < 1.29 is 14.3 Å². The minimum Gasteiger partial charge on any atom is -0.450 e. The Kier molecular flexibility index (Phi) is 6.53. The van der Waals surface area contributed by atoms with Crippen LogP contribution in [0.4, 0.5) is 10.7 Å². The summed E-state index contributed by atoms with van der Waals surface area (Å²) in [6.45, 7) is 3.81. The van der Waals surface area contributed by atoms with E-state index < -0.39 is 6.09 Å². The van der Waals surface area contributed by atoms with Crippen molar-refractivity contribution >= 4 is 29.0 Å². The maximum atomic E-state index is 12.8. The number of ether oxygens (including phenoxy) is 1. The van der Waals surface area contributed by atoms with Gasteiger partial charge in [0.25, 0.3) is 5.91 Å². The van der Waals surface area contributed by atoms with Crippen molar-refractivity contribution in [2.75, 3.05) is 11.9 Å². The molecule has 0 aliphatic rings. The molecule has 186 valence electrons. The zero-order valence-electron chi connectivity index (χ0n) is 20.0. The highest BCUT2D eigenvalue weighted by Crippen LogP contribution is 2.29. The maximum absolute atomic E-state index is 12.8. The third-order valence-corrected chi connectivity index (χ3v) is 5.47. The van der Waals surface area contributed by atoms with Gasteiger partial charge in [0.15, 0.2) is 5.82 Å². The number of carbonyl (C=O) groups excluding carboxylic acids is 2. The fourth-order valence-electron chi connectivity index (χ4n) is 3.74. The number of benzene rings is 1. The van der Waals surface area contributed by atoms with Crippen LogP contribution in [-0.2, 0) is 4.74 Å². The minimum atomic E-state index is -0.621. The summed E-state index contributed by atoms with van der Waals surface area (Å²) in [7, 11) is 0. The number of aromatic nitrogens is 7. The van der Waals surface area contributed by atoms with Crippen LogP contribution in [0.25, 0.3) is 28.1 Å². The number of fused-ring (bicyclic) bond motifs is 1. The van der Waals surface area contributed by atoms with Gasteiger partial charge in [0.1, 0.15) is 12.0 Å². The normalized spacial score (nSPS) is 11.7. The van der Waals surface area contributed by atoms with E-state index in [0.717, 1.165) is 5.69 Å². The number of rotatable bonds is 7. The van der Waals surface area contributed by atoms with Gasteiger partial charge in [-0.3, -0.25) is 15.1 Å². The van der Waals surface area contributed by atoms with E-state index in [1.54, 1.807) is 54.7 Å². The zero-order valence-corrected chi connectivity index (χ0v) is 20.0. The number of nitrogens with zero attached hydrogens (tertiary/aromatic N) is 6. The molecular formula is C25H23N9O3. The molecule has 4 aromatic heterocycles. The van der Waals surface area contributed by atoms with E-state index >= 15 is 0 Å². The molecule has 3 N–H and O–H groups in total. The van der Waals surface area contributed by atoms with Crippen LogP contribution >= 0.6 is 0 Å². The third-order valence-electron chi connectivity index (χ3n) is 5.47. The lowest BCUT2D eigenvalue weighted by Crippen LogP contribution is -2.27. The van der Waals surface area contributed by atoms with E-state index in [1.165, 1.54) is 0 Å². The second-order valence-electron chi connectivity index (χ2n) is 8.01. The Balaban J connectivity index is 1.47. The van der Waals surface area contributed by atoms with Crippen molar-refractivity contribution in [2.24, 2.45) is 0 Å². The van der Waals surface area contributed by atoms with Crippen molar-refractivity contribution in [3.8, 4) is 17.1 Å². The SMILES string of the molecule is CCOC(=O)Nc1nc2cc(-n3cnc(C(=O)NC(C)c4ccccn4)c3)cc(-c3ncccn3)c2[nH]1.